The zero-order chi connectivity index (χ0) is 52.6. The molecule has 2 aliphatic heterocycles. The van der Waals surface area contributed by atoms with E-state index >= 15 is 0 Å². The fourth-order valence-electron chi connectivity index (χ4n) is 10.8. The molecule has 8 aromatic rings. The first-order valence-corrected chi connectivity index (χ1v) is 27.2. The lowest BCUT2D eigenvalue weighted by molar-refractivity contribution is 0.172. The van der Waals surface area contributed by atoms with Crippen molar-refractivity contribution in [2.45, 2.75) is 77.5 Å². The molecule has 0 radical (unpaired) electrons. The van der Waals surface area contributed by atoms with E-state index in [4.69, 9.17) is 19.6 Å². The Morgan fingerprint density at radius 1 is 0.500 bits per heavy atom. The minimum absolute atomic E-state index is 0. The Kier molecular flexibility index (Phi) is 22.0. The van der Waals surface area contributed by atoms with Gasteiger partial charge in [-0.25, -0.2) is 0 Å². The summed E-state index contributed by atoms with van der Waals surface area (Å²) < 4.78 is 11.9. The van der Waals surface area contributed by atoms with E-state index in [0.29, 0.717) is 11.1 Å². The average Bonchev–Trinajstić information content (AvgIpc) is 4.09. The molecule has 4 heterocycles. The zero-order valence-electron chi connectivity index (χ0n) is 45.7. The van der Waals surface area contributed by atoms with Crippen molar-refractivity contribution in [3.63, 3.8) is 0 Å². The van der Waals surface area contributed by atoms with Crippen LogP contribution in [-0.4, -0.2) is 84.3 Å². The smallest absolute Gasteiger partial charge is 0.172 e. The quantitative estimate of drug-likeness (QED) is 0.0770. The molecule has 404 valence electrons. The highest BCUT2D eigenvalue weighted by atomic mass is 35.5. The predicted molar refractivity (Wildman–Crippen MR) is 323 cm³/mol. The van der Waals surface area contributed by atoms with Crippen LogP contribution in [0, 0.1) is 34.5 Å². The van der Waals surface area contributed by atoms with Crippen LogP contribution in [0.1, 0.15) is 106 Å². The van der Waals surface area contributed by atoms with Crippen molar-refractivity contribution in [3.05, 3.63) is 200 Å². The number of hydrogen-bond acceptors (Lipinski definition) is 10. The third-order valence-electron chi connectivity index (χ3n) is 15.1. The summed E-state index contributed by atoms with van der Waals surface area (Å²) in [5.41, 5.74) is 14.8. The molecule has 2 fully saturated rings. The maximum atomic E-state index is 9.04. The predicted octanol–water partition coefficient (Wildman–Crippen LogP) is 14.4. The van der Waals surface area contributed by atoms with Gasteiger partial charge in [-0.05, 0) is 187 Å². The molecule has 0 bridgehead atoms. The zero-order valence-corrected chi connectivity index (χ0v) is 47.3. The first kappa shape index (κ1) is 58.8. The Balaban J connectivity index is 0.000000220. The topological polar surface area (TPSA) is 113 Å². The van der Waals surface area contributed by atoms with Gasteiger partial charge in [-0.3, -0.25) is 9.80 Å². The van der Waals surface area contributed by atoms with E-state index in [0.717, 1.165) is 130 Å². The number of nitrogens with zero attached hydrogens (tertiary/aromatic N) is 8. The van der Waals surface area contributed by atoms with Crippen molar-refractivity contribution in [1.82, 2.24) is 29.9 Å². The third-order valence-corrected chi connectivity index (χ3v) is 15.1. The minimum atomic E-state index is 0. The highest BCUT2D eigenvalue weighted by molar-refractivity contribution is 5.89. The first-order valence-electron chi connectivity index (χ1n) is 27.2. The van der Waals surface area contributed by atoms with E-state index in [1.165, 1.54) is 63.0 Å². The van der Waals surface area contributed by atoms with Crippen LogP contribution in [0.15, 0.2) is 143 Å². The number of hydrogen-bond donors (Lipinski definition) is 0. The van der Waals surface area contributed by atoms with Gasteiger partial charge in [0.2, 0.25) is 0 Å². The van der Waals surface area contributed by atoms with Gasteiger partial charge < -0.3 is 18.8 Å². The Morgan fingerprint density at radius 3 is 1.22 bits per heavy atom. The van der Waals surface area contributed by atoms with Crippen LogP contribution in [0.25, 0.3) is 46.2 Å². The number of rotatable bonds is 18. The molecule has 10 rings (SSSR count). The monoisotopic (exact) mass is 1080 g/mol. The highest BCUT2D eigenvalue weighted by Gasteiger charge is 2.23. The number of benzene rings is 6. The number of nitriles is 2. The molecular weight excluding hydrogens is 1010 g/mol. The molecule has 0 spiro atoms. The second-order valence-corrected chi connectivity index (χ2v) is 21.4. The molecule has 0 unspecified atom stereocenters. The van der Waals surface area contributed by atoms with E-state index < -0.39 is 0 Å². The van der Waals surface area contributed by atoms with Gasteiger partial charge in [0.25, 0.3) is 0 Å². The Hall–Kier alpha value is -6.86. The maximum absolute atomic E-state index is 9.04. The van der Waals surface area contributed by atoms with Crippen molar-refractivity contribution in [2.75, 3.05) is 54.4 Å². The molecule has 2 saturated heterocycles. The molecule has 0 N–H and O–H groups in total. The van der Waals surface area contributed by atoms with Crippen LogP contribution in [0.2, 0.25) is 0 Å². The molecule has 12 heteroatoms. The van der Waals surface area contributed by atoms with Gasteiger partial charge in [0.15, 0.2) is 11.2 Å². The summed E-state index contributed by atoms with van der Waals surface area (Å²) in [7, 11) is 8.31. The maximum Gasteiger partial charge on any atom is 0.172 e. The van der Waals surface area contributed by atoms with Gasteiger partial charge in [0.05, 0.1) is 34.7 Å². The largest absolute Gasteiger partial charge is 0.356 e. The second-order valence-electron chi connectivity index (χ2n) is 21.4. The number of aryl methyl sites for hydroxylation is 2. The summed E-state index contributed by atoms with van der Waals surface area (Å²) in [6, 6.07) is 49.9. The van der Waals surface area contributed by atoms with Crippen LogP contribution in [0.4, 0.5) is 0 Å². The summed E-state index contributed by atoms with van der Waals surface area (Å²) in [4.78, 5) is 9.49. The molecule has 2 aliphatic rings. The van der Waals surface area contributed by atoms with Crippen molar-refractivity contribution in [1.29, 1.82) is 10.5 Å². The number of aromatic nitrogens is 2. The van der Waals surface area contributed by atoms with Crippen LogP contribution < -0.4 is 0 Å². The SMILES string of the molecule is CN(C)Cc1c(/C=C\c2ccc(C#N)cc2)ccc2c(CCC3CCN(Cc4ccccc4)CC3)noc12.CN(C)Cc1c(/C=C\c2ccc(C#N)cc2)ccc2c(CCC3CCN(Cc4ccccc4)CC3)noc12.Cl.Cl. The van der Waals surface area contributed by atoms with Gasteiger partial charge in [-0.15, -0.1) is 24.8 Å². The van der Waals surface area contributed by atoms with Crippen LogP contribution in [-0.2, 0) is 39.0 Å². The second kappa shape index (κ2) is 29.2. The van der Waals surface area contributed by atoms with Crippen LogP contribution in [0.5, 0.6) is 0 Å². The van der Waals surface area contributed by atoms with Gasteiger partial charge >= 0.3 is 0 Å². The summed E-state index contributed by atoms with van der Waals surface area (Å²) in [5.74, 6) is 1.48. The summed E-state index contributed by atoms with van der Waals surface area (Å²) in [6.45, 7) is 8.33. The minimum Gasteiger partial charge on any atom is -0.356 e. The Labute approximate surface area is 474 Å². The lowest BCUT2D eigenvalue weighted by atomic mass is 9.90. The Bertz CT molecular complexity index is 3050. The Morgan fingerprint density at radius 2 is 0.872 bits per heavy atom. The molecule has 6 aromatic carbocycles. The molecule has 0 saturated carbocycles. The van der Waals surface area contributed by atoms with Gasteiger partial charge in [0.1, 0.15) is 0 Å². The van der Waals surface area contributed by atoms with Crippen molar-refractivity contribution >= 4 is 71.1 Å². The molecule has 2 aromatic heterocycles. The molecule has 78 heavy (non-hydrogen) atoms. The fraction of sp³-hybridized carbons (Fsp3) is 0.333. The summed E-state index contributed by atoms with van der Waals surface area (Å²) in [5, 5.41) is 29.4. The van der Waals surface area contributed by atoms with E-state index in [9.17, 15) is 0 Å². The number of fused-ring (bicyclic) bond motifs is 2. The van der Waals surface area contributed by atoms with Crippen molar-refractivity contribution in [3.8, 4) is 12.1 Å². The van der Waals surface area contributed by atoms with Gasteiger partial charge in [-0.1, -0.05) is 132 Å². The molecule has 0 atom stereocenters. The number of piperidine rings is 2. The summed E-state index contributed by atoms with van der Waals surface area (Å²) in [6.07, 6.45) is 17.7. The third kappa shape index (κ3) is 16.1. The van der Waals surface area contributed by atoms with Crippen LogP contribution >= 0.6 is 24.8 Å². The lowest BCUT2D eigenvalue weighted by Crippen LogP contribution is -2.33. The number of halogens is 2. The van der Waals surface area contributed by atoms with E-state index in [-0.39, 0.29) is 24.8 Å². The van der Waals surface area contributed by atoms with Gasteiger partial charge in [0, 0.05) is 48.1 Å². The molecular formula is C66H74Cl2N8O2. The standard InChI is InChI=1S/2C33H36N4O.2ClH/c2*1-36(2)24-31-29(14-12-25-8-10-27(22-34)11-9-25)15-16-30-32(35-38-33(30)31)17-13-26-18-20-37(21-19-26)23-28-6-4-3-5-7-28;;/h2*3-12,14-16,26H,13,17-21,23-24H2,1-2H3;2*1H/b2*14-12-;;. The van der Waals surface area contributed by atoms with Crippen LogP contribution in [0.3, 0.4) is 0 Å². The fourth-order valence-corrected chi connectivity index (χ4v) is 10.8. The number of likely N-dealkylation sites (tertiary alicyclic amines) is 2. The molecule has 0 aliphatic carbocycles. The van der Waals surface area contributed by atoms with E-state index in [1.54, 1.807) is 0 Å². The normalized spacial score (nSPS) is 14.6. The first-order chi connectivity index (χ1) is 37.2. The van der Waals surface area contributed by atoms with E-state index in [1.807, 2.05) is 48.5 Å². The molecule has 10 nitrogen and oxygen atoms in total. The average molecular weight is 1080 g/mol. The van der Waals surface area contributed by atoms with Crippen molar-refractivity contribution in [2.24, 2.45) is 11.8 Å². The highest BCUT2D eigenvalue weighted by Crippen LogP contribution is 2.33. The lowest BCUT2D eigenvalue weighted by Gasteiger charge is -2.31. The van der Waals surface area contributed by atoms with Crippen molar-refractivity contribution < 1.29 is 9.05 Å². The summed E-state index contributed by atoms with van der Waals surface area (Å²) >= 11 is 0. The van der Waals surface area contributed by atoms with E-state index in [2.05, 4.69) is 179 Å². The van der Waals surface area contributed by atoms with Gasteiger partial charge in [-0.2, -0.15) is 10.5 Å². The molecule has 0 amide bonds.